The van der Waals surface area contributed by atoms with Gasteiger partial charge in [0.05, 0.1) is 39.3 Å². The van der Waals surface area contributed by atoms with Crippen molar-refractivity contribution in [1.29, 1.82) is 0 Å². The van der Waals surface area contributed by atoms with E-state index in [2.05, 4.69) is 249 Å². The number of rotatable bonds is 7. The Morgan fingerprint density at radius 1 is 0.242 bits per heavy atom. The van der Waals surface area contributed by atoms with Crippen LogP contribution in [0.15, 0.2) is 310 Å². The Labute approximate surface area is 551 Å². The van der Waals surface area contributed by atoms with Crippen molar-refractivity contribution in [3.05, 3.63) is 354 Å². The van der Waals surface area contributed by atoms with Crippen LogP contribution >= 0.6 is 11.3 Å². The van der Waals surface area contributed by atoms with E-state index in [1.807, 2.05) is 65.9 Å². The summed E-state index contributed by atoms with van der Waals surface area (Å²) in [5.41, 5.74) is 23.6. The first-order valence-corrected chi connectivity index (χ1v) is 32.9. The van der Waals surface area contributed by atoms with Crippen molar-refractivity contribution in [3.63, 3.8) is 0 Å². The molecular weight excluding hydrogens is 1180 g/mol. The monoisotopic (exact) mass is 1230 g/mol. The van der Waals surface area contributed by atoms with Crippen molar-refractivity contribution in [2.24, 2.45) is 0 Å². The van der Waals surface area contributed by atoms with Gasteiger partial charge < -0.3 is 9.47 Å². The summed E-state index contributed by atoms with van der Waals surface area (Å²) < 4.78 is 16.7. The molecule has 0 saturated carbocycles. The van der Waals surface area contributed by atoms with E-state index in [-0.39, 0.29) is 0 Å². The van der Waals surface area contributed by atoms with E-state index in [1.54, 1.807) is 6.20 Å². The predicted molar refractivity (Wildman–Crippen MR) is 381 cm³/mol. The van der Waals surface area contributed by atoms with E-state index in [0.717, 1.165) is 113 Å². The van der Waals surface area contributed by atoms with E-state index in [9.17, 15) is 0 Å². The van der Waals surface area contributed by atoms with Crippen LogP contribution in [0.4, 0.5) is 0 Å². The summed E-state index contributed by atoms with van der Waals surface area (Å²) in [6, 6.07) is 108. The van der Waals surface area contributed by atoms with Crippen molar-refractivity contribution in [3.8, 4) is 124 Å². The molecule has 4 aromatic heterocycles. The van der Waals surface area contributed by atoms with E-state index in [1.165, 1.54) is 64.7 Å². The maximum Gasteiger partial charge on any atom is 0.160 e. The zero-order valence-electron chi connectivity index (χ0n) is 50.9. The second kappa shape index (κ2) is 20.6. The number of nitrogens with zero attached hydrogens (tertiary/aromatic N) is 5. The van der Waals surface area contributed by atoms with E-state index in [4.69, 9.17) is 34.4 Å². The Morgan fingerprint density at radius 2 is 0.674 bits per heavy atom. The average molecular weight is 1230 g/mol. The molecule has 0 saturated heterocycles. The molecule has 0 bridgehead atoms. The average Bonchev–Trinajstić information content (AvgIpc) is 1.55. The minimum absolute atomic E-state index is 0.578. The number of fused-ring (bicyclic) bond motifs is 21. The van der Waals surface area contributed by atoms with Crippen molar-refractivity contribution in [2.75, 3.05) is 0 Å². The summed E-state index contributed by atoms with van der Waals surface area (Å²) in [5, 5.41) is 2.50. The molecule has 2 aliphatic carbocycles. The molecule has 8 heteroatoms. The van der Waals surface area contributed by atoms with Gasteiger partial charge in [-0.2, -0.15) is 0 Å². The SMILES string of the molecule is c1ccc(-c2nc(-c3ccc4c(c3)Oc3ccc(-c5ccc(-c6nc(-c7ccc8c(c7)Oc7ccccc7C87c8ccccc8-c8ccccc87)cc(-c7ccc8c(c7)sc7ccccc78)n6)cc5)cc3C43c4ccccc4-c4ccccc43)cc(-c3ccccn3)n2)cc1. The highest BCUT2D eigenvalue weighted by Gasteiger charge is 2.53. The Kier molecular flexibility index (Phi) is 11.6. The standard InChI is InChI=1S/C87H51N5O2S/c1-2-18-53(19-3-1)84-91-76(51-77(92-84)73-30-16-17-45-88-73)57-39-43-71-81(48-57)94-79-44-40-55(46-72(79)87(71)67-27-11-6-22-61(67)62-23-7-12-28-68(62)87)52-33-35-54(36-34-52)85-89-74(50-75(90-85)58-37-41-64-63-24-8-15-32-82(63)95-83(64)49-58)56-38-42-70-80(47-56)93-78-31-14-13-29-69(78)86(70)65-25-9-4-20-59(65)60-21-5-10-26-66(60)86/h1-51H. The minimum Gasteiger partial charge on any atom is -0.457 e. The lowest BCUT2D eigenvalue weighted by Gasteiger charge is -2.39. The van der Waals surface area contributed by atoms with Crippen molar-refractivity contribution in [2.45, 2.75) is 10.8 Å². The number of thiophene rings is 1. The second-order valence-electron chi connectivity index (χ2n) is 24.9. The van der Waals surface area contributed by atoms with Crippen LogP contribution in [0.5, 0.6) is 23.0 Å². The molecule has 0 fully saturated rings. The van der Waals surface area contributed by atoms with Crippen LogP contribution in [-0.4, -0.2) is 24.9 Å². The molecule has 0 amide bonds. The highest BCUT2D eigenvalue weighted by Crippen LogP contribution is 2.64. The zero-order chi connectivity index (χ0) is 62.3. The first-order chi connectivity index (χ1) is 47.0. The highest BCUT2D eigenvalue weighted by molar-refractivity contribution is 7.25. The van der Waals surface area contributed by atoms with Crippen molar-refractivity contribution in [1.82, 2.24) is 24.9 Å². The van der Waals surface area contributed by atoms with E-state index >= 15 is 0 Å². The quantitative estimate of drug-likeness (QED) is 0.157. The first kappa shape index (κ1) is 53.4. The van der Waals surface area contributed by atoms with Crippen LogP contribution in [0.25, 0.3) is 121 Å². The van der Waals surface area contributed by atoms with Gasteiger partial charge in [-0.1, -0.05) is 237 Å². The number of benzene rings is 12. The fourth-order valence-corrected chi connectivity index (χ4v) is 16.9. The van der Waals surface area contributed by atoms with Gasteiger partial charge in [-0.3, -0.25) is 4.98 Å². The molecule has 0 N–H and O–H groups in total. The molecule has 0 atom stereocenters. The van der Waals surface area contributed by atoms with E-state index < -0.39 is 10.8 Å². The summed E-state index contributed by atoms with van der Waals surface area (Å²) >= 11 is 1.81. The van der Waals surface area contributed by atoms with Gasteiger partial charge in [0.1, 0.15) is 23.0 Å². The summed E-state index contributed by atoms with van der Waals surface area (Å²) in [6.07, 6.45) is 1.80. The van der Waals surface area contributed by atoms with Crippen LogP contribution in [0.3, 0.4) is 0 Å². The summed E-state index contributed by atoms with van der Waals surface area (Å²) in [6.45, 7) is 0. The Morgan fingerprint density at radius 3 is 1.28 bits per heavy atom. The van der Waals surface area contributed by atoms with Gasteiger partial charge >= 0.3 is 0 Å². The largest absolute Gasteiger partial charge is 0.457 e. The Balaban J connectivity index is 0.711. The lowest BCUT2D eigenvalue weighted by Crippen LogP contribution is -2.32. The van der Waals surface area contributed by atoms with Crippen LogP contribution in [0, 0.1) is 0 Å². The lowest BCUT2D eigenvalue weighted by molar-refractivity contribution is 0.436. The fraction of sp³-hybridized carbons (Fsp3) is 0.0230. The number of ether oxygens (including phenoxy) is 2. The van der Waals surface area contributed by atoms with Gasteiger partial charge in [-0.15, -0.1) is 11.3 Å². The summed E-state index contributed by atoms with van der Waals surface area (Å²) in [5.74, 6) is 4.45. The summed E-state index contributed by atoms with van der Waals surface area (Å²) in [7, 11) is 0. The third-order valence-electron chi connectivity index (χ3n) is 19.9. The van der Waals surface area contributed by atoms with Crippen LogP contribution in [0.1, 0.15) is 44.5 Å². The molecular formula is C87H51N5O2S. The molecule has 442 valence electrons. The first-order valence-electron chi connectivity index (χ1n) is 32.1. The molecule has 0 radical (unpaired) electrons. The molecule has 12 aromatic carbocycles. The zero-order valence-corrected chi connectivity index (χ0v) is 51.7. The third-order valence-corrected chi connectivity index (χ3v) is 21.1. The van der Waals surface area contributed by atoms with Gasteiger partial charge in [-0.05, 0) is 122 Å². The third kappa shape index (κ3) is 7.95. The van der Waals surface area contributed by atoms with E-state index in [0.29, 0.717) is 11.6 Å². The topological polar surface area (TPSA) is 82.9 Å². The molecule has 16 aromatic rings. The number of pyridine rings is 1. The summed E-state index contributed by atoms with van der Waals surface area (Å²) in [4.78, 5) is 25.9. The molecule has 95 heavy (non-hydrogen) atoms. The number of aromatic nitrogens is 5. The van der Waals surface area contributed by atoms with Gasteiger partial charge in [-0.25, -0.2) is 19.9 Å². The van der Waals surface area contributed by atoms with Crippen molar-refractivity contribution >= 4 is 31.5 Å². The number of hydrogen-bond donors (Lipinski definition) is 0. The highest BCUT2D eigenvalue weighted by atomic mass is 32.1. The smallest absolute Gasteiger partial charge is 0.160 e. The molecule has 20 rings (SSSR count). The van der Waals surface area contributed by atoms with Crippen molar-refractivity contribution < 1.29 is 9.47 Å². The van der Waals surface area contributed by atoms with Crippen LogP contribution in [-0.2, 0) is 10.8 Å². The maximum absolute atomic E-state index is 7.21. The fourth-order valence-electron chi connectivity index (χ4n) is 15.8. The Bertz CT molecular complexity index is 5730. The van der Waals surface area contributed by atoms with Gasteiger partial charge in [0.15, 0.2) is 11.6 Å². The molecule has 0 unspecified atom stereocenters. The molecule has 2 spiro atoms. The van der Waals surface area contributed by atoms with Gasteiger partial charge in [0, 0.05) is 76.4 Å². The molecule has 2 aliphatic heterocycles. The number of para-hydroxylation sites is 1. The Hall–Kier alpha value is -12.2. The minimum atomic E-state index is -0.716. The second-order valence-corrected chi connectivity index (χ2v) is 26.0. The van der Waals surface area contributed by atoms with Crippen LogP contribution < -0.4 is 9.47 Å². The molecule has 6 heterocycles. The van der Waals surface area contributed by atoms with Gasteiger partial charge in [0.2, 0.25) is 0 Å². The van der Waals surface area contributed by atoms with Gasteiger partial charge in [0.25, 0.3) is 0 Å². The molecule has 7 nitrogen and oxygen atoms in total. The molecule has 4 aliphatic rings. The predicted octanol–water partition coefficient (Wildman–Crippen LogP) is 21.6. The maximum atomic E-state index is 7.21. The number of hydrogen-bond acceptors (Lipinski definition) is 8. The van der Waals surface area contributed by atoms with Crippen LogP contribution in [0.2, 0.25) is 0 Å². The normalized spacial score (nSPS) is 13.6. The lowest BCUT2D eigenvalue weighted by atomic mass is 9.65.